The van der Waals surface area contributed by atoms with E-state index < -0.39 is 32.9 Å². The van der Waals surface area contributed by atoms with Crippen molar-refractivity contribution in [1.82, 2.24) is 0 Å². The van der Waals surface area contributed by atoms with E-state index in [2.05, 4.69) is 13.2 Å². The maximum Gasteiger partial charge on any atom is 0.309 e. The van der Waals surface area contributed by atoms with Gasteiger partial charge in [-0.25, -0.2) is 21.5 Å². The summed E-state index contributed by atoms with van der Waals surface area (Å²) in [7, 11) is -3.04. The molecule has 224 valence electrons. The van der Waals surface area contributed by atoms with Gasteiger partial charge in [0.05, 0.1) is 5.41 Å². The predicted octanol–water partition coefficient (Wildman–Crippen LogP) is 6.60. The van der Waals surface area contributed by atoms with Crippen LogP contribution >= 0.6 is 21.5 Å². The summed E-state index contributed by atoms with van der Waals surface area (Å²) in [6.07, 6.45) is 8.29. The number of carbonyl (C=O) groups is 3. The lowest BCUT2D eigenvalue weighted by Crippen LogP contribution is -2.23. The Morgan fingerprint density at radius 1 is 0.850 bits per heavy atom. The quantitative estimate of drug-likeness (QED) is 0.152. The van der Waals surface area contributed by atoms with Crippen LogP contribution in [0.3, 0.4) is 0 Å². The van der Waals surface area contributed by atoms with Crippen molar-refractivity contribution in [2.45, 2.75) is 98.3 Å². The van der Waals surface area contributed by atoms with Crippen LogP contribution in [0.25, 0.3) is 0 Å². The average Bonchev–Trinajstić information content (AvgIpc) is 2.87. The molecule has 2 atom stereocenters. The van der Waals surface area contributed by atoms with Crippen molar-refractivity contribution in [1.29, 1.82) is 0 Å². The summed E-state index contributed by atoms with van der Waals surface area (Å²) >= 11 is 0. The summed E-state index contributed by atoms with van der Waals surface area (Å²) in [6.45, 7) is 15.5. The zero-order chi connectivity index (χ0) is 30.3. The molecular weight excluding hydrogens is 548 g/mol. The third kappa shape index (κ3) is 9.87. The zero-order valence-corrected chi connectivity index (χ0v) is 25.9. The molecule has 0 amide bonds. The highest BCUT2D eigenvalue weighted by Gasteiger charge is 2.26. The number of unbranched alkanes of at least 4 members (excludes halogenated alkanes) is 2. The second-order valence-corrected chi connectivity index (χ2v) is 15.3. The number of carboxylic acids is 1. The standard InChI is InChI=1S/C31H44O7S2/c1-21(27-18-23(33)16-25(39(27)37)11-7-9-13-30(3,4)20-32)15-22(2)28-19-24(34)17-26(40(28)38)12-8-10-14-31(5,6)29(35)36/h18-19,32H,1-2,7-17,20H2,3-6H3,(H-2,35,36,37,38)/q-2. The van der Waals surface area contributed by atoms with Gasteiger partial charge < -0.3 is 19.3 Å². The molecule has 2 rings (SSSR count). The minimum Gasteiger partial charge on any atom is -0.799 e. The lowest BCUT2D eigenvalue weighted by Gasteiger charge is -2.31. The summed E-state index contributed by atoms with van der Waals surface area (Å²) in [4.78, 5) is 38.1. The molecule has 0 saturated heterocycles. The minimum atomic E-state index is -1.54. The van der Waals surface area contributed by atoms with Gasteiger partial charge in [0.2, 0.25) is 0 Å². The molecule has 2 heterocycles. The summed E-state index contributed by atoms with van der Waals surface area (Å²) < 4.78 is 26.6. The van der Waals surface area contributed by atoms with Crippen LogP contribution in [0.4, 0.5) is 0 Å². The fourth-order valence-corrected chi connectivity index (χ4v) is 7.57. The van der Waals surface area contributed by atoms with Crippen molar-refractivity contribution in [2.24, 2.45) is 10.8 Å². The zero-order valence-electron chi connectivity index (χ0n) is 24.3. The molecule has 9 heteroatoms. The van der Waals surface area contributed by atoms with Gasteiger partial charge in [-0.1, -0.05) is 39.8 Å². The molecule has 0 bridgehead atoms. The number of allylic oxidation sites excluding steroid dienone is 4. The third-order valence-electron chi connectivity index (χ3n) is 7.45. The van der Waals surface area contributed by atoms with Crippen molar-refractivity contribution in [3.63, 3.8) is 0 Å². The number of carbonyl (C=O) groups excluding carboxylic acids is 2. The van der Waals surface area contributed by atoms with E-state index in [1.807, 2.05) is 13.8 Å². The summed E-state index contributed by atoms with van der Waals surface area (Å²) in [5.74, 6) is -1.16. The van der Waals surface area contributed by atoms with Gasteiger partial charge in [0, 0.05) is 19.4 Å². The van der Waals surface area contributed by atoms with Crippen LogP contribution in [0.15, 0.2) is 46.3 Å². The number of hydrogen-bond acceptors (Lipinski definition) is 6. The Labute approximate surface area is 244 Å². The molecule has 0 spiro atoms. The Morgan fingerprint density at radius 2 is 1.27 bits per heavy atom. The van der Waals surface area contributed by atoms with Crippen molar-refractivity contribution in [2.75, 3.05) is 6.61 Å². The SMILES string of the molecule is C=C(CC(=C)C1=CC(=O)CC(CCCCC(C)(C)C(=O)O)=S1[O-])C1=CC(=O)CC(CCCCC(C)(C)CO)=S1[O-]. The highest BCUT2D eigenvalue weighted by Crippen LogP contribution is 2.41. The minimum absolute atomic E-state index is 0.0874. The fraction of sp³-hybridized carbons (Fsp3) is 0.581. The number of aliphatic hydroxyl groups excluding tert-OH is 1. The van der Waals surface area contributed by atoms with Gasteiger partial charge in [-0.2, -0.15) is 0 Å². The number of hydrogen-bond donors (Lipinski definition) is 2. The van der Waals surface area contributed by atoms with Crippen LogP contribution < -0.4 is 0 Å². The van der Waals surface area contributed by atoms with Gasteiger partial charge in [0.25, 0.3) is 0 Å². The van der Waals surface area contributed by atoms with Crippen LogP contribution in [-0.2, 0) is 14.4 Å². The van der Waals surface area contributed by atoms with Crippen molar-refractivity contribution in [3.8, 4) is 0 Å². The number of carboxylic acid groups (broad SMARTS) is 1. The maximum atomic E-state index is 13.3. The molecule has 7 nitrogen and oxygen atoms in total. The molecule has 0 aliphatic carbocycles. The number of ketones is 2. The van der Waals surface area contributed by atoms with E-state index in [1.165, 1.54) is 12.2 Å². The van der Waals surface area contributed by atoms with Gasteiger partial charge in [0.1, 0.15) is 0 Å². The first kappa shape index (κ1) is 34.3. The van der Waals surface area contributed by atoms with E-state index in [1.54, 1.807) is 13.8 Å². The monoisotopic (exact) mass is 592 g/mol. The molecule has 2 unspecified atom stereocenters. The van der Waals surface area contributed by atoms with Crippen LogP contribution in [0.1, 0.15) is 98.3 Å². The molecule has 0 radical (unpaired) electrons. The summed E-state index contributed by atoms with van der Waals surface area (Å²) in [5.41, 5.74) is -0.126. The molecule has 0 saturated carbocycles. The smallest absolute Gasteiger partial charge is 0.309 e. The molecular formula is C31H44O7S2-2. The number of aliphatic hydroxyl groups is 1. The topological polar surface area (TPSA) is 138 Å². The first-order valence-corrected chi connectivity index (χ1v) is 16.1. The first-order chi connectivity index (χ1) is 18.6. The highest BCUT2D eigenvalue weighted by molar-refractivity contribution is 8.15. The van der Waals surface area contributed by atoms with Gasteiger partial charge in [-0.15, -0.1) is 0 Å². The molecule has 2 aliphatic heterocycles. The van der Waals surface area contributed by atoms with E-state index >= 15 is 0 Å². The normalized spacial score (nSPS) is 20.4. The first-order valence-electron chi connectivity index (χ1n) is 13.8. The lowest BCUT2D eigenvalue weighted by molar-refractivity contribution is -0.147. The van der Waals surface area contributed by atoms with Crippen LogP contribution in [0.2, 0.25) is 0 Å². The van der Waals surface area contributed by atoms with Gasteiger partial charge in [0.15, 0.2) is 11.6 Å². The van der Waals surface area contributed by atoms with E-state index in [9.17, 15) is 33.7 Å². The second-order valence-electron chi connectivity index (χ2n) is 12.2. The summed E-state index contributed by atoms with van der Waals surface area (Å²) in [5, 5.41) is 18.7. The van der Waals surface area contributed by atoms with Crippen LogP contribution in [0, 0.1) is 10.8 Å². The van der Waals surface area contributed by atoms with E-state index in [4.69, 9.17) is 0 Å². The lowest BCUT2D eigenvalue weighted by atomic mass is 9.87. The second kappa shape index (κ2) is 14.8. The Balaban J connectivity index is 2.06. The Bertz CT molecular complexity index is 1180. The molecule has 0 aromatic carbocycles. The van der Waals surface area contributed by atoms with Crippen LogP contribution in [-0.4, -0.2) is 53.2 Å². The van der Waals surface area contributed by atoms with Crippen molar-refractivity contribution in [3.05, 3.63) is 46.3 Å². The van der Waals surface area contributed by atoms with Gasteiger partial charge in [-0.3, -0.25) is 14.4 Å². The number of rotatable bonds is 16. The Morgan fingerprint density at radius 3 is 1.68 bits per heavy atom. The Kier molecular flexibility index (Phi) is 12.7. The molecule has 2 aliphatic rings. The molecule has 0 aromatic rings. The van der Waals surface area contributed by atoms with Gasteiger partial charge in [-0.05, 0) is 107 Å². The maximum absolute atomic E-state index is 13.3. The fourth-order valence-electron chi connectivity index (χ4n) is 4.59. The average molecular weight is 593 g/mol. The van der Waals surface area contributed by atoms with Gasteiger partial charge >= 0.3 is 5.97 Å². The van der Waals surface area contributed by atoms with E-state index in [0.717, 1.165) is 19.3 Å². The Hall–Kier alpha value is -1.91. The third-order valence-corrected chi connectivity index (χ3v) is 10.8. The molecule has 0 aromatic heterocycles. The molecule has 40 heavy (non-hydrogen) atoms. The van der Waals surface area contributed by atoms with E-state index in [-0.39, 0.29) is 42.9 Å². The van der Waals surface area contributed by atoms with E-state index in [0.29, 0.717) is 62.8 Å². The largest absolute Gasteiger partial charge is 0.799 e. The molecule has 0 fully saturated rings. The van der Waals surface area contributed by atoms with Crippen LogP contribution in [0.5, 0.6) is 0 Å². The predicted molar refractivity (Wildman–Crippen MR) is 164 cm³/mol. The summed E-state index contributed by atoms with van der Waals surface area (Å²) in [6, 6.07) is 0. The van der Waals surface area contributed by atoms with Crippen molar-refractivity contribution >= 4 is 48.8 Å². The molecule has 2 N–H and O–H groups in total. The number of aliphatic carboxylic acids is 1. The highest BCUT2D eigenvalue weighted by atomic mass is 32.2. The van der Waals surface area contributed by atoms with Crippen molar-refractivity contribution < 1.29 is 33.7 Å².